The van der Waals surface area contributed by atoms with Gasteiger partial charge in [0.05, 0.1) is 10.7 Å². The Morgan fingerprint density at radius 2 is 2.00 bits per heavy atom. The van der Waals surface area contributed by atoms with E-state index < -0.39 is 0 Å². The van der Waals surface area contributed by atoms with Crippen molar-refractivity contribution in [3.05, 3.63) is 58.9 Å². The summed E-state index contributed by atoms with van der Waals surface area (Å²) in [7, 11) is 0. The van der Waals surface area contributed by atoms with Gasteiger partial charge in [-0.2, -0.15) is 10.2 Å². The molecule has 0 bridgehead atoms. The fourth-order valence-corrected chi connectivity index (χ4v) is 3.98. The zero-order valence-electron chi connectivity index (χ0n) is 15.4. The summed E-state index contributed by atoms with van der Waals surface area (Å²) in [6, 6.07) is 9.19. The van der Waals surface area contributed by atoms with Crippen molar-refractivity contribution in [2.45, 2.75) is 37.5 Å². The molecular weight excluding hydrogens is 376 g/mol. The lowest BCUT2D eigenvalue weighted by molar-refractivity contribution is 0.0698. The van der Waals surface area contributed by atoms with E-state index >= 15 is 0 Å². The van der Waals surface area contributed by atoms with Gasteiger partial charge in [-0.3, -0.25) is 9.89 Å². The molecule has 1 atom stereocenters. The van der Waals surface area contributed by atoms with E-state index in [1.54, 1.807) is 16.9 Å². The van der Waals surface area contributed by atoms with Crippen molar-refractivity contribution in [3.8, 4) is 5.69 Å². The third-order valence-electron chi connectivity index (χ3n) is 5.47. The molecule has 1 amide bonds. The maximum Gasteiger partial charge on any atom is 0.274 e. The minimum absolute atomic E-state index is 0.0616. The van der Waals surface area contributed by atoms with Gasteiger partial charge in [0.1, 0.15) is 5.82 Å². The lowest BCUT2D eigenvalue weighted by Crippen LogP contribution is -2.39. The highest BCUT2D eigenvalue weighted by atomic mass is 35.5. The van der Waals surface area contributed by atoms with E-state index in [2.05, 4.69) is 20.3 Å². The number of H-pyrrole nitrogens is 1. The van der Waals surface area contributed by atoms with Crippen LogP contribution in [0.25, 0.3) is 5.69 Å². The number of likely N-dealkylation sites (tertiary alicyclic amines) is 1. The van der Waals surface area contributed by atoms with Crippen LogP contribution in [0.15, 0.2) is 36.5 Å². The largest absolute Gasteiger partial charge is 0.337 e. The Bertz CT molecular complexity index is 1010. The van der Waals surface area contributed by atoms with E-state index in [-0.39, 0.29) is 11.8 Å². The standard InChI is InChI=1S/C20H21ClN6O/c21-15-5-1-2-6-17(15)27-11-9-16(25-27)20(28)26-10-3-4-14(12-26)19-22-18(23-24-19)13-7-8-13/h1-2,5-6,9,11,13-14H,3-4,7-8,10,12H2,(H,22,23,24). The normalized spacial score (nSPS) is 19.8. The highest BCUT2D eigenvalue weighted by molar-refractivity contribution is 6.32. The van der Waals surface area contributed by atoms with Gasteiger partial charge in [-0.25, -0.2) is 9.67 Å². The van der Waals surface area contributed by atoms with Crippen molar-refractivity contribution in [1.82, 2.24) is 29.9 Å². The van der Waals surface area contributed by atoms with Crippen LogP contribution in [0.4, 0.5) is 0 Å². The predicted octanol–water partition coefficient (Wildman–Crippen LogP) is 3.54. The number of hydrogen-bond acceptors (Lipinski definition) is 4. The number of amides is 1. The van der Waals surface area contributed by atoms with E-state index in [0.29, 0.717) is 23.2 Å². The second kappa shape index (κ2) is 7.05. The Kier molecular flexibility index (Phi) is 4.39. The number of para-hydroxylation sites is 1. The van der Waals surface area contributed by atoms with Crippen LogP contribution in [-0.4, -0.2) is 48.9 Å². The van der Waals surface area contributed by atoms with Gasteiger partial charge in [0.2, 0.25) is 0 Å². The molecule has 7 nitrogen and oxygen atoms in total. The molecule has 1 N–H and O–H groups in total. The summed E-state index contributed by atoms with van der Waals surface area (Å²) in [6.45, 7) is 1.36. The fraction of sp³-hybridized carbons (Fsp3) is 0.400. The van der Waals surface area contributed by atoms with Crippen LogP contribution in [0.2, 0.25) is 5.02 Å². The average molecular weight is 397 g/mol. The van der Waals surface area contributed by atoms with Crippen LogP contribution >= 0.6 is 11.6 Å². The van der Waals surface area contributed by atoms with Gasteiger partial charge in [0.15, 0.2) is 11.5 Å². The quantitative estimate of drug-likeness (QED) is 0.731. The lowest BCUT2D eigenvalue weighted by atomic mass is 9.97. The summed E-state index contributed by atoms with van der Waals surface area (Å²) >= 11 is 6.24. The molecule has 144 valence electrons. The fourth-order valence-electron chi connectivity index (χ4n) is 3.75. The van der Waals surface area contributed by atoms with Crippen molar-refractivity contribution < 1.29 is 4.79 Å². The number of benzene rings is 1. The van der Waals surface area contributed by atoms with E-state index in [4.69, 9.17) is 11.6 Å². The Morgan fingerprint density at radius 3 is 2.82 bits per heavy atom. The SMILES string of the molecule is O=C(c1ccn(-c2ccccc2Cl)n1)N1CCCC(c2n[nH]c(C3CC3)n2)C1. The number of hydrogen-bond donors (Lipinski definition) is 1. The number of halogens is 1. The van der Waals surface area contributed by atoms with Crippen LogP contribution in [0.1, 0.15) is 59.7 Å². The Labute approximate surface area is 167 Å². The van der Waals surface area contributed by atoms with Crippen molar-refractivity contribution in [1.29, 1.82) is 0 Å². The third-order valence-corrected chi connectivity index (χ3v) is 5.78. The highest BCUT2D eigenvalue weighted by Gasteiger charge is 2.31. The van der Waals surface area contributed by atoms with Crippen molar-refractivity contribution in [3.63, 3.8) is 0 Å². The second-order valence-corrected chi connectivity index (χ2v) is 7.95. The molecule has 28 heavy (non-hydrogen) atoms. The van der Waals surface area contributed by atoms with E-state index in [0.717, 1.165) is 36.7 Å². The molecule has 1 aromatic carbocycles. The highest BCUT2D eigenvalue weighted by Crippen LogP contribution is 2.38. The topological polar surface area (TPSA) is 79.7 Å². The first-order valence-electron chi connectivity index (χ1n) is 9.71. The first-order chi connectivity index (χ1) is 13.7. The summed E-state index contributed by atoms with van der Waals surface area (Å²) in [4.78, 5) is 19.5. The molecule has 1 saturated carbocycles. The molecule has 8 heteroatoms. The number of carbonyl (C=O) groups excluding carboxylic acids is 1. The van der Waals surface area contributed by atoms with Gasteiger partial charge >= 0.3 is 0 Å². The summed E-state index contributed by atoms with van der Waals surface area (Å²) in [5, 5.41) is 12.5. The van der Waals surface area contributed by atoms with Crippen LogP contribution in [0.5, 0.6) is 0 Å². The minimum atomic E-state index is -0.0616. The van der Waals surface area contributed by atoms with Gasteiger partial charge in [0.25, 0.3) is 5.91 Å². The third kappa shape index (κ3) is 3.30. The molecule has 3 aromatic rings. The van der Waals surface area contributed by atoms with Gasteiger partial charge < -0.3 is 4.90 Å². The molecule has 1 aliphatic heterocycles. The molecule has 1 saturated heterocycles. The van der Waals surface area contributed by atoms with Crippen LogP contribution < -0.4 is 0 Å². The first-order valence-corrected chi connectivity index (χ1v) is 10.1. The zero-order chi connectivity index (χ0) is 19.1. The van der Waals surface area contributed by atoms with Gasteiger partial charge in [-0.15, -0.1) is 0 Å². The molecule has 2 aromatic heterocycles. The smallest absolute Gasteiger partial charge is 0.274 e. The molecule has 0 radical (unpaired) electrons. The molecular formula is C20H21ClN6O. The van der Waals surface area contributed by atoms with Crippen molar-refractivity contribution >= 4 is 17.5 Å². The Morgan fingerprint density at radius 1 is 1.14 bits per heavy atom. The number of nitrogens with zero attached hydrogens (tertiary/aromatic N) is 5. The van der Waals surface area contributed by atoms with E-state index in [1.807, 2.05) is 29.2 Å². The number of aromatic nitrogens is 5. The van der Waals surface area contributed by atoms with Gasteiger partial charge in [-0.1, -0.05) is 23.7 Å². The van der Waals surface area contributed by atoms with Crippen LogP contribution in [0, 0.1) is 0 Å². The predicted molar refractivity (Wildman–Crippen MR) is 105 cm³/mol. The molecule has 5 rings (SSSR count). The van der Waals surface area contributed by atoms with Gasteiger partial charge in [0, 0.05) is 31.1 Å². The monoisotopic (exact) mass is 396 g/mol. The van der Waals surface area contributed by atoms with Crippen LogP contribution in [-0.2, 0) is 0 Å². The summed E-state index contributed by atoms with van der Waals surface area (Å²) in [5.74, 6) is 2.50. The average Bonchev–Trinajstić information content (AvgIpc) is 3.26. The van der Waals surface area contributed by atoms with E-state index in [1.165, 1.54) is 12.8 Å². The summed E-state index contributed by atoms with van der Waals surface area (Å²) in [6.07, 6.45) is 6.10. The summed E-state index contributed by atoms with van der Waals surface area (Å²) < 4.78 is 1.65. The minimum Gasteiger partial charge on any atom is -0.337 e. The number of carbonyl (C=O) groups is 1. The number of piperidine rings is 1. The molecule has 2 aliphatic rings. The Hall–Kier alpha value is -2.67. The second-order valence-electron chi connectivity index (χ2n) is 7.54. The first kappa shape index (κ1) is 17.4. The maximum atomic E-state index is 13.0. The molecule has 3 heterocycles. The zero-order valence-corrected chi connectivity index (χ0v) is 16.1. The van der Waals surface area contributed by atoms with Crippen molar-refractivity contribution in [2.24, 2.45) is 0 Å². The molecule has 1 aliphatic carbocycles. The number of nitrogens with one attached hydrogen (secondary N) is 1. The molecule has 2 fully saturated rings. The molecule has 0 spiro atoms. The van der Waals surface area contributed by atoms with Gasteiger partial charge in [-0.05, 0) is 43.9 Å². The number of aromatic amines is 1. The lowest BCUT2D eigenvalue weighted by Gasteiger charge is -2.30. The Balaban J connectivity index is 1.31. The molecule has 1 unspecified atom stereocenters. The maximum absolute atomic E-state index is 13.0. The van der Waals surface area contributed by atoms with Crippen LogP contribution in [0.3, 0.4) is 0 Å². The summed E-state index contributed by atoms with van der Waals surface area (Å²) in [5.41, 5.74) is 1.18. The van der Waals surface area contributed by atoms with Crippen molar-refractivity contribution in [2.75, 3.05) is 13.1 Å². The van der Waals surface area contributed by atoms with E-state index in [9.17, 15) is 4.79 Å². The number of rotatable bonds is 4.